The summed E-state index contributed by atoms with van der Waals surface area (Å²) in [5.41, 5.74) is 0. The maximum Gasteiger partial charge on any atom is 0.435 e. The predicted molar refractivity (Wildman–Crippen MR) is 58.7 cm³/mol. The Morgan fingerprint density at radius 1 is 0.913 bits per heavy atom. The van der Waals surface area contributed by atoms with Gasteiger partial charge < -0.3 is 4.55 Å². The summed E-state index contributed by atoms with van der Waals surface area (Å²) in [6.45, 7) is 0. The second kappa shape index (κ2) is 5.51. The van der Waals surface area contributed by atoms with E-state index in [2.05, 4.69) is 4.74 Å². The first kappa shape index (κ1) is 18.8. The molecule has 0 aliphatic heterocycles. The molecule has 0 N–H and O–H groups in total. The van der Waals surface area contributed by atoms with Crippen LogP contribution in [-0.2, 0) is 15.8 Å². The van der Waals surface area contributed by atoms with Crippen molar-refractivity contribution in [2.24, 2.45) is 17.8 Å². The van der Waals surface area contributed by atoms with Gasteiger partial charge in [-0.25, -0.2) is 4.74 Å². The number of alkyl halides is 8. The molecule has 2 aliphatic carbocycles. The van der Waals surface area contributed by atoms with Crippen LogP contribution in [0.1, 0.15) is 25.7 Å². The van der Waals surface area contributed by atoms with Gasteiger partial charge in [0.2, 0.25) is 0 Å². The third-order valence-corrected chi connectivity index (χ3v) is 5.05. The third kappa shape index (κ3) is 2.97. The fourth-order valence-corrected chi connectivity index (χ4v) is 3.53. The summed E-state index contributed by atoms with van der Waals surface area (Å²) in [5.74, 6) is -8.20. The van der Waals surface area contributed by atoms with E-state index in [9.17, 15) is 43.9 Å². The van der Waals surface area contributed by atoms with E-state index in [4.69, 9.17) is 0 Å². The molecule has 0 heterocycles. The van der Waals surface area contributed by atoms with Crippen LogP contribution in [-0.4, -0.2) is 32.2 Å². The Morgan fingerprint density at radius 2 is 1.48 bits per heavy atom. The average molecular weight is 375 g/mol. The number of hydrogen-bond donors (Lipinski definition) is 0. The monoisotopic (exact) mass is 375 g/mol. The van der Waals surface area contributed by atoms with Gasteiger partial charge >= 0.3 is 23.4 Å². The Labute approximate surface area is 127 Å². The van der Waals surface area contributed by atoms with Gasteiger partial charge in [0, 0.05) is 17.0 Å². The van der Waals surface area contributed by atoms with Crippen LogP contribution in [0.15, 0.2) is 0 Å². The summed E-state index contributed by atoms with van der Waals surface area (Å²) in [5, 5.41) is -6.08. The average Bonchev–Trinajstić information content (AvgIpc) is 2.98. The second-order valence-electron chi connectivity index (χ2n) is 5.79. The van der Waals surface area contributed by atoms with Crippen LogP contribution in [0.4, 0.5) is 35.1 Å². The Hall–Kier alpha value is -0.490. The second-order valence-corrected chi connectivity index (χ2v) is 6.77. The van der Waals surface area contributed by atoms with Crippen LogP contribution in [0.2, 0.25) is 0 Å². The molecule has 4 atom stereocenters. The molecule has 136 valence electrons. The minimum atomic E-state index is -6.32. The third-order valence-electron chi connectivity index (χ3n) is 4.40. The lowest BCUT2D eigenvalue weighted by Crippen LogP contribution is -2.57. The molecular formula is C11H11F8O3S-. The SMILES string of the molecule is O=S([O-])C(F)(F)C(F)(F)OC(F)(F)C(F)(F)C1CC2CCC1C2. The fraction of sp³-hybridized carbons (Fsp3) is 1.00. The lowest BCUT2D eigenvalue weighted by molar-refractivity contribution is -0.463. The molecule has 2 saturated carbocycles. The summed E-state index contributed by atoms with van der Waals surface area (Å²) in [6.07, 6.45) is -11.6. The van der Waals surface area contributed by atoms with E-state index in [1.54, 1.807) is 0 Å². The first-order valence-corrected chi connectivity index (χ1v) is 7.60. The molecule has 2 fully saturated rings. The zero-order valence-corrected chi connectivity index (χ0v) is 12.0. The van der Waals surface area contributed by atoms with E-state index in [-0.39, 0.29) is 25.2 Å². The van der Waals surface area contributed by atoms with E-state index >= 15 is 0 Å². The molecule has 0 amide bonds. The molecule has 4 unspecified atom stereocenters. The van der Waals surface area contributed by atoms with E-state index in [1.165, 1.54) is 0 Å². The van der Waals surface area contributed by atoms with Gasteiger partial charge in [-0.15, -0.1) is 0 Å². The standard InChI is InChI=1S/C11H12F8O3S/c12-8(13,7-4-5-1-2-6(7)3-5)9(14,15)22-10(16,17)11(18,19)23(20)21/h5-7H,1-4H2,(H,20,21)/p-1. The topological polar surface area (TPSA) is 49.4 Å². The molecule has 0 spiro atoms. The van der Waals surface area contributed by atoms with Crippen LogP contribution in [0.5, 0.6) is 0 Å². The molecule has 3 nitrogen and oxygen atoms in total. The van der Waals surface area contributed by atoms with Gasteiger partial charge in [0.05, 0.1) is 0 Å². The van der Waals surface area contributed by atoms with Crippen molar-refractivity contribution in [2.45, 2.75) is 49.1 Å². The van der Waals surface area contributed by atoms with E-state index < -0.39 is 46.3 Å². The van der Waals surface area contributed by atoms with Crippen molar-refractivity contribution in [3.8, 4) is 0 Å². The highest BCUT2D eigenvalue weighted by Gasteiger charge is 2.73. The molecule has 0 aromatic rings. The van der Waals surface area contributed by atoms with Crippen molar-refractivity contribution in [3.05, 3.63) is 0 Å². The molecule has 2 bridgehead atoms. The predicted octanol–water partition coefficient (Wildman–Crippen LogP) is 3.73. The van der Waals surface area contributed by atoms with Crippen molar-refractivity contribution in [1.29, 1.82) is 0 Å². The largest absolute Gasteiger partial charge is 0.768 e. The Morgan fingerprint density at radius 3 is 1.87 bits per heavy atom. The molecule has 0 aromatic carbocycles. The zero-order valence-electron chi connectivity index (χ0n) is 11.2. The highest BCUT2D eigenvalue weighted by molar-refractivity contribution is 7.80. The van der Waals surface area contributed by atoms with E-state index in [0.29, 0.717) is 6.42 Å². The molecule has 2 rings (SSSR count). The molecule has 2 aliphatic rings. The normalized spacial score (nSPS) is 30.7. The first-order chi connectivity index (χ1) is 10.2. The summed E-state index contributed by atoms with van der Waals surface area (Å²) in [6, 6.07) is 0. The minimum absolute atomic E-state index is 0.206. The zero-order chi connectivity index (χ0) is 17.8. The lowest BCUT2D eigenvalue weighted by atomic mass is 9.83. The number of halogens is 8. The highest BCUT2D eigenvalue weighted by atomic mass is 32.2. The minimum Gasteiger partial charge on any atom is -0.768 e. The van der Waals surface area contributed by atoms with Gasteiger partial charge in [0.1, 0.15) is 0 Å². The Balaban J connectivity index is 2.21. The maximum atomic E-state index is 13.9. The molecule has 23 heavy (non-hydrogen) atoms. The summed E-state index contributed by atoms with van der Waals surface area (Å²) >= 11 is -4.85. The molecule has 12 heteroatoms. The number of hydrogen-bond acceptors (Lipinski definition) is 3. The molecular weight excluding hydrogens is 364 g/mol. The van der Waals surface area contributed by atoms with Gasteiger partial charge in [0.25, 0.3) is 0 Å². The van der Waals surface area contributed by atoms with Crippen LogP contribution in [0.25, 0.3) is 0 Å². The van der Waals surface area contributed by atoms with Crippen LogP contribution in [0, 0.1) is 17.8 Å². The van der Waals surface area contributed by atoms with Gasteiger partial charge in [-0.2, -0.15) is 35.1 Å². The van der Waals surface area contributed by atoms with Crippen LogP contribution < -0.4 is 0 Å². The highest BCUT2D eigenvalue weighted by Crippen LogP contribution is 2.58. The summed E-state index contributed by atoms with van der Waals surface area (Å²) in [7, 11) is 0. The van der Waals surface area contributed by atoms with Crippen LogP contribution >= 0.6 is 0 Å². The van der Waals surface area contributed by atoms with Crippen molar-refractivity contribution in [1.82, 2.24) is 0 Å². The van der Waals surface area contributed by atoms with Crippen molar-refractivity contribution < 1.29 is 48.6 Å². The van der Waals surface area contributed by atoms with E-state index in [1.807, 2.05) is 0 Å². The summed E-state index contributed by atoms with van der Waals surface area (Å²) < 4.78 is 128. The summed E-state index contributed by atoms with van der Waals surface area (Å²) in [4.78, 5) is 0. The number of fused-ring (bicyclic) bond motifs is 2. The van der Waals surface area contributed by atoms with E-state index in [0.717, 1.165) is 0 Å². The van der Waals surface area contributed by atoms with Gasteiger partial charge in [-0.05, 0) is 31.1 Å². The molecule has 0 saturated heterocycles. The van der Waals surface area contributed by atoms with Gasteiger partial charge in [0.15, 0.2) is 0 Å². The quantitative estimate of drug-likeness (QED) is 0.525. The Kier molecular flexibility index (Phi) is 4.52. The number of ether oxygens (including phenoxy) is 1. The smallest absolute Gasteiger partial charge is 0.435 e. The number of rotatable bonds is 6. The maximum absolute atomic E-state index is 13.9. The van der Waals surface area contributed by atoms with Gasteiger partial charge in [-0.3, -0.25) is 4.21 Å². The van der Waals surface area contributed by atoms with Crippen LogP contribution in [0.3, 0.4) is 0 Å². The van der Waals surface area contributed by atoms with Gasteiger partial charge in [-0.1, -0.05) is 6.42 Å². The first-order valence-electron chi connectivity index (χ1n) is 6.53. The lowest BCUT2D eigenvalue weighted by Gasteiger charge is -2.37. The Bertz CT molecular complexity index is 498. The van der Waals surface area contributed by atoms with Crippen molar-refractivity contribution in [3.63, 3.8) is 0 Å². The van der Waals surface area contributed by atoms with Crippen molar-refractivity contribution in [2.75, 3.05) is 0 Å². The van der Waals surface area contributed by atoms with Crippen molar-refractivity contribution >= 4 is 11.1 Å². The fourth-order valence-electron chi connectivity index (χ4n) is 3.29. The molecule has 0 radical (unpaired) electrons. The molecule has 0 aromatic heterocycles.